The molecule has 5 nitrogen and oxygen atoms in total. The van der Waals surface area contributed by atoms with Gasteiger partial charge < -0.3 is 9.64 Å². The van der Waals surface area contributed by atoms with E-state index in [1.165, 1.54) is 17.0 Å². The molecular weight excluding hydrogens is 322 g/mol. The minimum atomic E-state index is -0.0852. The number of thiazole rings is 1. The van der Waals surface area contributed by atoms with Gasteiger partial charge in [-0.05, 0) is 38.2 Å². The predicted octanol–water partition coefficient (Wildman–Crippen LogP) is 3.33. The van der Waals surface area contributed by atoms with Crippen LogP contribution in [0.5, 0.6) is 5.75 Å². The molecule has 24 heavy (non-hydrogen) atoms. The van der Waals surface area contributed by atoms with Crippen LogP contribution in [-0.4, -0.2) is 34.4 Å². The lowest BCUT2D eigenvalue weighted by Gasteiger charge is -2.19. The molecule has 0 saturated carbocycles. The normalized spacial score (nSPS) is 16.5. The third kappa shape index (κ3) is 3.59. The Morgan fingerprint density at radius 1 is 1.50 bits per heavy atom. The average Bonchev–Trinajstić information content (AvgIpc) is 3.00. The van der Waals surface area contributed by atoms with Gasteiger partial charge in [0.25, 0.3) is 5.91 Å². The maximum Gasteiger partial charge on any atom is 0.272 e. The molecule has 2 aromatic heterocycles. The minimum absolute atomic E-state index is 0.0852. The number of amides is 1. The van der Waals surface area contributed by atoms with Crippen LogP contribution in [-0.2, 0) is 19.4 Å². The highest BCUT2D eigenvalue weighted by Crippen LogP contribution is 2.30. The number of aryl methyl sites for hydroxylation is 1. The number of carbonyl (C=O) groups excluding carboxylic acids is 1. The Kier molecular flexibility index (Phi) is 5.14. The van der Waals surface area contributed by atoms with Crippen molar-refractivity contribution in [2.75, 3.05) is 13.7 Å². The number of nitrogens with zero attached hydrogens (tertiary/aromatic N) is 3. The fourth-order valence-electron chi connectivity index (χ4n) is 2.97. The molecule has 0 aliphatic heterocycles. The molecule has 3 rings (SSSR count). The molecule has 0 spiro atoms. The summed E-state index contributed by atoms with van der Waals surface area (Å²) in [7, 11) is 1.59. The minimum Gasteiger partial charge on any atom is -0.497 e. The number of pyridine rings is 1. The van der Waals surface area contributed by atoms with E-state index < -0.39 is 0 Å². The van der Waals surface area contributed by atoms with E-state index in [4.69, 9.17) is 9.72 Å². The molecule has 0 saturated heterocycles. The summed E-state index contributed by atoms with van der Waals surface area (Å²) in [4.78, 5) is 24.9. The van der Waals surface area contributed by atoms with E-state index in [1.807, 2.05) is 6.92 Å². The highest BCUT2D eigenvalue weighted by molar-refractivity contribution is 7.11. The summed E-state index contributed by atoms with van der Waals surface area (Å²) in [5.41, 5.74) is 1.64. The van der Waals surface area contributed by atoms with Gasteiger partial charge in [0.1, 0.15) is 16.5 Å². The van der Waals surface area contributed by atoms with E-state index in [-0.39, 0.29) is 5.91 Å². The van der Waals surface area contributed by atoms with E-state index >= 15 is 0 Å². The lowest BCUT2D eigenvalue weighted by atomic mass is 9.93. The molecule has 1 amide bonds. The van der Waals surface area contributed by atoms with Crippen molar-refractivity contribution in [3.05, 3.63) is 39.6 Å². The van der Waals surface area contributed by atoms with Crippen LogP contribution in [0.15, 0.2) is 18.3 Å². The first-order valence-electron chi connectivity index (χ1n) is 8.37. The van der Waals surface area contributed by atoms with Gasteiger partial charge in [-0.25, -0.2) is 4.98 Å². The van der Waals surface area contributed by atoms with Crippen molar-refractivity contribution in [1.29, 1.82) is 0 Å². The SMILES string of the molecule is CCN(Cc1nc2c(s1)CC(C)CC2)C(=O)c1cc(OC)ccn1. The Balaban J connectivity index is 1.75. The van der Waals surface area contributed by atoms with Crippen molar-refractivity contribution < 1.29 is 9.53 Å². The van der Waals surface area contributed by atoms with Gasteiger partial charge in [-0.1, -0.05) is 6.92 Å². The van der Waals surface area contributed by atoms with Gasteiger partial charge in [0.05, 0.1) is 19.3 Å². The Bertz CT molecular complexity index is 729. The summed E-state index contributed by atoms with van der Waals surface area (Å²) in [5.74, 6) is 1.29. The summed E-state index contributed by atoms with van der Waals surface area (Å²) in [5, 5.41) is 1.02. The largest absolute Gasteiger partial charge is 0.497 e. The maximum atomic E-state index is 12.7. The quantitative estimate of drug-likeness (QED) is 0.834. The van der Waals surface area contributed by atoms with Crippen molar-refractivity contribution in [2.24, 2.45) is 5.92 Å². The van der Waals surface area contributed by atoms with Gasteiger partial charge in [0, 0.05) is 23.7 Å². The molecular formula is C18H23N3O2S. The number of hydrogen-bond acceptors (Lipinski definition) is 5. The first kappa shape index (κ1) is 16.9. The van der Waals surface area contributed by atoms with Crippen LogP contribution in [0.4, 0.5) is 0 Å². The zero-order valence-electron chi connectivity index (χ0n) is 14.4. The first-order valence-corrected chi connectivity index (χ1v) is 9.19. The van der Waals surface area contributed by atoms with E-state index in [9.17, 15) is 4.79 Å². The number of fused-ring (bicyclic) bond motifs is 1. The number of hydrogen-bond donors (Lipinski definition) is 0. The van der Waals surface area contributed by atoms with Crippen molar-refractivity contribution in [3.8, 4) is 5.75 Å². The van der Waals surface area contributed by atoms with Crippen LogP contribution in [0.25, 0.3) is 0 Å². The van der Waals surface area contributed by atoms with Crippen LogP contribution < -0.4 is 4.74 Å². The fourth-order valence-corrected chi connectivity index (χ4v) is 4.26. The molecule has 0 N–H and O–H groups in total. The molecule has 0 aromatic carbocycles. The van der Waals surface area contributed by atoms with Crippen LogP contribution in [0.1, 0.15) is 46.3 Å². The van der Waals surface area contributed by atoms with Gasteiger partial charge in [-0.3, -0.25) is 9.78 Å². The predicted molar refractivity (Wildman–Crippen MR) is 94.5 cm³/mol. The Morgan fingerprint density at radius 3 is 3.08 bits per heavy atom. The highest BCUT2D eigenvalue weighted by atomic mass is 32.1. The van der Waals surface area contributed by atoms with E-state index in [1.54, 1.807) is 41.7 Å². The molecule has 0 fully saturated rings. The van der Waals surface area contributed by atoms with E-state index in [2.05, 4.69) is 11.9 Å². The summed E-state index contributed by atoms with van der Waals surface area (Å²) in [6.07, 6.45) is 4.98. The zero-order valence-corrected chi connectivity index (χ0v) is 15.2. The molecule has 0 radical (unpaired) electrons. The van der Waals surface area contributed by atoms with Gasteiger partial charge >= 0.3 is 0 Å². The monoisotopic (exact) mass is 345 g/mol. The molecule has 1 aliphatic rings. The first-order chi connectivity index (χ1) is 11.6. The Hall–Kier alpha value is -1.95. The third-order valence-corrected chi connectivity index (χ3v) is 5.52. The van der Waals surface area contributed by atoms with Gasteiger partial charge in [0.15, 0.2) is 0 Å². The molecule has 1 aliphatic carbocycles. The Morgan fingerprint density at radius 2 is 2.33 bits per heavy atom. The number of aromatic nitrogens is 2. The van der Waals surface area contributed by atoms with Gasteiger partial charge in [0.2, 0.25) is 0 Å². The van der Waals surface area contributed by atoms with E-state index in [0.717, 1.165) is 23.8 Å². The smallest absolute Gasteiger partial charge is 0.272 e. The average molecular weight is 345 g/mol. The summed E-state index contributed by atoms with van der Waals surface area (Å²) in [6, 6.07) is 3.42. The van der Waals surface area contributed by atoms with E-state index in [0.29, 0.717) is 24.5 Å². The number of rotatable bonds is 5. The summed E-state index contributed by atoms with van der Waals surface area (Å²) >= 11 is 1.75. The van der Waals surface area contributed by atoms with Gasteiger partial charge in [-0.15, -0.1) is 11.3 Å². The molecule has 2 heterocycles. The molecule has 128 valence electrons. The number of methoxy groups -OCH3 is 1. The third-order valence-electron chi connectivity index (χ3n) is 4.41. The lowest BCUT2D eigenvalue weighted by Crippen LogP contribution is -2.30. The highest BCUT2D eigenvalue weighted by Gasteiger charge is 2.22. The Labute approximate surface area is 146 Å². The molecule has 0 bridgehead atoms. The molecule has 1 atom stereocenters. The lowest BCUT2D eigenvalue weighted by molar-refractivity contribution is 0.0746. The fraction of sp³-hybridized carbons (Fsp3) is 0.500. The number of ether oxygens (including phenoxy) is 1. The van der Waals surface area contributed by atoms with Crippen molar-refractivity contribution >= 4 is 17.2 Å². The topological polar surface area (TPSA) is 55.3 Å². The second kappa shape index (κ2) is 7.30. The second-order valence-corrected chi connectivity index (χ2v) is 7.39. The molecule has 1 unspecified atom stereocenters. The standard InChI is InChI=1S/C18H23N3O2S/c1-4-21(18(22)15-10-13(23-3)7-8-19-15)11-17-20-14-6-5-12(2)9-16(14)24-17/h7-8,10,12H,4-6,9,11H2,1-3H3. The van der Waals surface area contributed by atoms with Crippen LogP contribution >= 0.6 is 11.3 Å². The summed E-state index contributed by atoms with van der Waals surface area (Å²) in [6.45, 7) is 5.44. The van der Waals surface area contributed by atoms with Gasteiger partial charge in [-0.2, -0.15) is 0 Å². The van der Waals surface area contributed by atoms with Crippen LogP contribution in [0.3, 0.4) is 0 Å². The van der Waals surface area contributed by atoms with Crippen LogP contribution in [0, 0.1) is 5.92 Å². The summed E-state index contributed by atoms with van der Waals surface area (Å²) < 4.78 is 5.18. The number of carbonyl (C=O) groups is 1. The van der Waals surface area contributed by atoms with Crippen molar-refractivity contribution in [3.63, 3.8) is 0 Å². The second-order valence-electron chi connectivity index (χ2n) is 6.23. The van der Waals surface area contributed by atoms with Crippen LogP contribution in [0.2, 0.25) is 0 Å². The van der Waals surface area contributed by atoms with Crippen molar-refractivity contribution in [2.45, 2.75) is 39.7 Å². The zero-order chi connectivity index (χ0) is 17.1. The van der Waals surface area contributed by atoms with Crippen molar-refractivity contribution in [1.82, 2.24) is 14.9 Å². The maximum absolute atomic E-state index is 12.7. The molecule has 6 heteroatoms. The molecule has 2 aromatic rings.